The van der Waals surface area contributed by atoms with Crippen molar-refractivity contribution in [2.24, 2.45) is 0 Å². The summed E-state index contributed by atoms with van der Waals surface area (Å²) in [5.74, 6) is -2.42. The summed E-state index contributed by atoms with van der Waals surface area (Å²) in [5.41, 5.74) is 13.1. The van der Waals surface area contributed by atoms with Crippen LogP contribution in [0.25, 0.3) is 11.0 Å². The van der Waals surface area contributed by atoms with Crippen LogP contribution in [0.15, 0.2) is 69.7 Å². The molecule has 0 saturated heterocycles. The number of aliphatic hydroxyl groups excluding tert-OH is 1. The van der Waals surface area contributed by atoms with Crippen molar-refractivity contribution in [1.29, 1.82) is 21.0 Å². The van der Waals surface area contributed by atoms with Crippen molar-refractivity contribution < 1.29 is 59.5 Å². The average Bonchev–Trinajstić information content (AvgIpc) is 3.71. The Morgan fingerprint density at radius 2 is 1.03 bits per heavy atom. The van der Waals surface area contributed by atoms with Crippen molar-refractivity contribution >= 4 is 201 Å². The van der Waals surface area contributed by atoms with Gasteiger partial charge in [0, 0.05) is 55.9 Å². The molecule has 0 atom stereocenters. The Hall–Kier alpha value is 0.180. The number of anilines is 1. The van der Waals surface area contributed by atoms with Crippen LogP contribution >= 0.6 is 178 Å². The van der Waals surface area contributed by atoms with Gasteiger partial charge in [-0.3, -0.25) is 0 Å². The van der Waals surface area contributed by atoms with E-state index in [4.69, 9.17) is 45.9 Å². The van der Waals surface area contributed by atoms with E-state index in [0.29, 0.717) is 53.5 Å². The van der Waals surface area contributed by atoms with Crippen LogP contribution < -0.4 is 19.0 Å². The Morgan fingerprint density at radius 3 is 1.43 bits per heavy atom. The van der Waals surface area contributed by atoms with E-state index in [-0.39, 0.29) is 66.3 Å². The second-order valence-corrected chi connectivity index (χ2v) is 79.6. The number of nitrogens with zero attached hydrogens (tertiary/aromatic N) is 5. The van der Waals surface area contributed by atoms with Crippen molar-refractivity contribution in [3.8, 4) is 24.3 Å². The summed E-state index contributed by atoms with van der Waals surface area (Å²) in [6.07, 6.45) is 0. The van der Waals surface area contributed by atoms with Gasteiger partial charge in [-0.25, -0.2) is 22.4 Å². The summed E-state index contributed by atoms with van der Waals surface area (Å²) >= 11 is 20.1. The fraction of sp³-hybridized carbons (Fsp3) is 0.234. The molecule has 74 heavy (non-hydrogen) atoms. The topological polar surface area (TPSA) is 212 Å². The van der Waals surface area contributed by atoms with Crippen LogP contribution in [0.2, 0.25) is 0 Å². The standard InChI is InChI=1S/C10H8FNO2.C10H10FNO.C10H12N2O2.C9H8FNO.C8H5BrFN.I4.I3.I2.HI/c1-6-3-7(5-12)9(11)4-8(6)10(13)14-2;1-7-3-8(5-12)10(11)4-9(7)6-13-2;1-6-3-8-9(14-12-10(8)11)4-7(6)5-13-2;1-6-2-7(4-11)9(10)3-8(6)5-12;1-5-2-6(4-11)8(10)3-7(5)9;1-4(2)3;1-3-2;1-2;/h3-4H,1-2H3;3-4H,6H2,1-2H3;3-4H,5H2,1-2H3,(H2,11,12);2-3,12H,5H2,1H3;2-3H,1H3;;;;1H/q;;;;;;-1;;. The molecule has 5 aromatic carbocycles. The van der Waals surface area contributed by atoms with Gasteiger partial charge in [0.2, 0.25) is 0 Å². The number of aromatic nitrogens is 1. The zero-order valence-corrected chi connectivity index (χ0v) is 63.2. The number of hydrogen-bond acceptors (Lipinski definition) is 12. The number of nitrogens with two attached hydrogens (primary N) is 1. The van der Waals surface area contributed by atoms with Crippen LogP contribution in [-0.4, -0.2) is 37.6 Å². The number of carbonyl (C=O) groups excluding carboxylic acids is 1. The Kier molecular flexibility index (Phi) is 47.5. The van der Waals surface area contributed by atoms with Crippen LogP contribution in [0.5, 0.6) is 0 Å². The first-order chi connectivity index (χ1) is 34.5. The molecule has 0 amide bonds. The van der Waals surface area contributed by atoms with E-state index in [0.717, 1.165) is 44.8 Å². The normalized spacial score (nSPS) is 9.45. The van der Waals surface area contributed by atoms with Crippen molar-refractivity contribution in [1.82, 2.24) is 5.16 Å². The SMILES string of the molecule is COC(=O)c1cc(F)c(C#N)cc1C.COCc1cc(F)c(C#N)cc1C.COCc1cc2onc(N)c2cc1C.Cc1cc(C#N)c(F)cc1Br.Cc1cc(C#N)c(F)cc1CO.I.II.II(I)I.I[I-]I. The van der Waals surface area contributed by atoms with Crippen molar-refractivity contribution in [3.63, 3.8) is 0 Å². The van der Waals surface area contributed by atoms with E-state index in [1.54, 1.807) is 52.3 Å². The molecule has 6 rings (SSSR count). The maximum atomic E-state index is 13.1. The third-order valence-electron chi connectivity index (χ3n) is 9.03. The average molecular weight is 2210 g/mol. The molecule has 0 bridgehead atoms. The molecule has 3 N–H and O–H groups in total. The third kappa shape index (κ3) is 29.6. The van der Waals surface area contributed by atoms with Gasteiger partial charge in [-0.2, -0.15) is 21.0 Å². The number of fused-ring (bicyclic) bond motifs is 1. The van der Waals surface area contributed by atoms with Crippen LogP contribution in [0.1, 0.15) is 77.1 Å². The molecule has 27 heteroatoms. The monoisotopic (exact) mass is 2210 g/mol. The molecule has 0 fully saturated rings. The van der Waals surface area contributed by atoms with Gasteiger partial charge in [-0.1, -0.05) is 21.1 Å². The number of hydrogen-bond donors (Lipinski definition) is 2. The number of nitriles is 4. The fourth-order valence-corrected chi connectivity index (χ4v) is 5.72. The van der Waals surface area contributed by atoms with Gasteiger partial charge >= 0.3 is 120 Å². The van der Waals surface area contributed by atoms with Gasteiger partial charge in [0.05, 0.1) is 60.1 Å². The summed E-state index contributed by atoms with van der Waals surface area (Å²) in [6.45, 7) is 9.74. The van der Waals surface area contributed by atoms with Crippen molar-refractivity contribution in [2.45, 2.75) is 54.4 Å². The number of rotatable bonds is 6. The van der Waals surface area contributed by atoms with Crippen LogP contribution in [0.4, 0.5) is 23.4 Å². The molecular weight excluding hydrogens is 2170 g/mol. The van der Waals surface area contributed by atoms with Crippen molar-refractivity contribution in [2.75, 3.05) is 27.1 Å². The number of methoxy groups -OCH3 is 3. The van der Waals surface area contributed by atoms with E-state index in [9.17, 15) is 22.4 Å². The van der Waals surface area contributed by atoms with Crippen molar-refractivity contribution in [3.05, 3.63) is 161 Å². The Bertz CT molecular complexity index is 2900. The molecule has 0 aliphatic carbocycles. The summed E-state index contributed by atoms with van der Waals surface area (Å²) in [7, 11) is 4.08. The molecule has 0 radical (unpaired) electrons. The zero-order valence-electron chi connectivity index (χ0n) is 39.9. The predicted octanol–water partition coefficient (Wildman–Crippen LogP) is 14.8. The third-order valence-corrected chi connectivity index (χ3v) is 9.88. The number of aryl methyl sites for hydroxylation is 5. The molecule has 0 spiro atoms. The van der Waals surface area contributed by atoms with E-state index < -0.39 is 29.2 Å². The van der Waals surface area contributed by atoms with Gasteiger partial charge in [0.1, 0.15) is 47.5 Å². The Balaban J connectivity index is -0.000000816. The van der Waals surface area contributed by atoms with Gasteiger partial charge < -0.3 is 29.6 Å². The minimum absolute atomic E-state index is 0. The fourth-order valence-electron chi connectivity index (χ4n) is 5.40. The molecule has 1 aromatic heterocycles. The number of carbonyl (C=O) groups is 1. The first-order valence-electron chi connectivity index (χ1n) is 19.5. The quantitative estimate of drug-likeness (QED) is 0.0906. The molecule has 0 saturated carbocycles. The minimum atomic E-state index is -0.710. The van der Waals surface area contributed by atoms with Crippen LogP contribution in [0, 0.1) is 103 Å². The van der Waals surface area contributed by atoms with Crippen LogP contribution in [0.3, 0.4) is 0 Å². The number of aliphatic hydroxyl groups is 1. The second-order valence-electron chi connectivity index (χ2n) is 13.8. The van der Waals surface area contributed by atoms with E-state index in [1.807, 2.05) is 32.9 Å². The number of esters is 1. The zero-order chi connectivity index (χ0) is 56.5. The molecule has 0 aliphatic rings. The molecule has 12 nitrogen and oxygen atoms in total. The number of halogens is 15. The summed E-state index contributed by atoms with van der Waals surface area (Å²) in [5, 5.41) is 47.3. The summed E-state index contributed by atoms with van der Waals surface area (Å²) < 4.78 is 72.0. The molecule has 1 heterocycles. The number of nitrogen functional groups attached to an aromatic ring is 1. The summed E-state index contributed by atoms with van der Waals surface area (Å²) in [6, 6.07) is 21.5. The number of ether oxygens (including phenoxy) is 3. The Morgan fingerprint density at radius 1 is 0.676 bits per heavy atom. The van der Waals surface area contributed by atoms with Gasteiger partial charge in [0.25, 0.3) is 0 Å². The van der Waals surface area contributed by atoms with Gasteiger partial charge in [-0.05, 0) is 140 Å². The Labute approximate surface area is 543 Å². The van der Waals surface area contributed by atoms with E-state index >= 15 is 0 Å². The van der Waals surface area contributed by atoms with Gasteiger partial charge in [-0.15, -0.1) is 24.0 Å². The first kappa shape index (κ1) is 78.4. The van der Waals surface area contributed by atoms with Crippen LogP contribution in [-0.2, 0) is 34.0 Å². The molecule has 0 unspecified atom stereocenters. The predicted molar refractivity (Wildman–Crippen MR) is 361 cm³/mol. The molecule has 404 valence electrons. The van der Waals surface area contributed by atoms with E-state index in [1.165, 1.54) is 49.6 Å². The second kappa shape index (κ2) is 44.9. The molecule has 0 aliphatic heterocycles. The number of benzene rings is 5. The molecule has 6 aromatic rings. The summed E-state index contributed by atoms with van der Waals surface area (Å²) in [4.78, 5) is 11.1. The first-order valence-corrected chi connectivity index (χ1v) is 58.0. The van der Waals surface area contributed by atoms with E-state index in [2.05, 4.69) is 156 Å². The maximum absolute atomic E-state index is 13.1. The molecular formula is C47H44BrF4I10N6O6-. The van der Waals surface area contributed by atoms with Gasteiger partial charge in [0.15, 0.2) is 11.4 Å².